The molecule has 0 heterocycles. The van der Waals surface area contributed by atoms with Gasteiger partial charge in [-0.25, -0.2) is 0 Å². The minimum atomic E-state index is -0.119. The average Bonchev–Trinajstić information content (AvgIpc) is 2.45. The van der Waals surface area contributed by atoms with Crippen LogP contribution in [0.1, 0.15) is 29.8 Å². The molecule has 0 aliphatic carbocycles. The van der Waals surface area contributed by atoms with Gasteiger partial charge in [-0.3, -0.25) is 4.79 Å². The Morgan fingerprint density at radius 3 is 2.52 bits per heavy atom. The fourth-order valence-corrected chi connectivity index (χ4v) is 2.10. The quantitative estimate of drug-likeness (QED) is 0.904. The Morgan fingerprint density at radius 1 is 1.19 bits per heavy atom. The molecular formula is C17H18ClNO2. The molecule has 0 unspecified atom stereocenters. The minimum absolute atomic E-state index is 0.118. The average molecular weight is 304 g/mol. The van der Waals surface area contributed by atoms with E-state index in [9.17, 15) is 4.79 Å². The molecule has 0 aliphatic rings. The van der Waals surface area contributed by atoms with E-state index in [0.29, 0.717) is 17.1 Å². The molecular weight excluding hydrogens is 286 g/mol. The Balaban J connectivity index is 1.94. The highest BCUT2D eigenvalue weighted by Gasteiger charge is 2.06. The van der Waals surface area contributed by atoms with Gasteiger partial charge >= 0.3 is 0 Å². The van der Waals surface area contributed by atoms with Crippen LogP contribution in [0.2, 0.25) is 5.02 Å². The summed E-state index contributed by atoms with van der Waals surface area (Å²) in [5.41, 5.74) is 1.57. The summed E-state index contributed by atoms with van der Waals surface area (Å²) in [4.78, 5) is 12.1. The van der Waals surface area contributed by atoms with Crippen LogP contribution < -0.4 is 10.1 Å². The van der Waals surface area contributed by atoms with Crippen LogP contribution in [0, 0.1) is 0 Å². The third-order valence-electron chi connectivity index (χ3n) is 2.83. The van der Waals surface area contributed by atoms with Crippen LogP contribution >= 0.6 is 11.6 Å². The number of amides is 1. The largest absolute Gasteiger partial charge is 0.491 e. The number of ether oxygens (including phenoxy) is 1. The highest BCUT2D eigenvalue weighted by molar-refractivity contribution is 6.30. The van der Waals surface area contributed by atoms with Crippen LogP contribution in [-0.4, -0.2) is 12.0 Å². The molecule has 21 heavy (non-hydrogen) atoms. The number of hydrogen-bond donors (Lipinski definition) is 1. The highest BCUT2D eigenvalue weighted by atomic mass is 35.5. The predicted molar refractivity (Wildman–Crippen MR) is 84.8 cm³/mol. The molecule has 1 amide bonds. The molecule has 2 rings (SSSR count). The SMILES string of the molecule is CC(C)Oc1ccc(C(=O)NCc2cccc(Cl)c2)cc1. The van der Waals surface area contributed by atoms with Crippen molar-refractivity contribution in [1.82, 2.24) is 5.32 Å². The molecule has 0 spiro atoms. The number of rotatable bonds is 5. The second-order valence-corrected chi connectivity index (χ2v) is 5.44. The first-order valence-corrected chi connectivity index (χ1v) is 7.22. The van der Waals surface area contributed by atoms with Gasteiger partial charge in [-0.15, -0.1) is 0 Å². The van der Waals surface area contributed by atoms with Gasteiger partial charge in [-0.1, -0.05) is 23.7 Å². The number of nitrogens with one attached hydrogen (secondary N) is 1. The van der Waals surface area contributed by atoms with Crippen LogP contribution in [0.4, 0.5) is 0 Å². The Kier molecular flexibility index (Phi) is 5.23. The van der Waals surface area contributed by atoms with Crippen molar-refractivity contribution in [2.24, 2.45) is 0 Å². The molecule has 0 bridgehead atoms. The first-order chi connectivity index (χ1) is 10.0. The Labute approximate surface area is 129 Å². The Morgan fingerprint density at radius 2 is 1.90 bits per heavy atom. The lowest BCUT2D eigenvalue weighted by atomic mass is 10.2. The fraction of sp³-hybridized carbons (Fsp3) is 0.235. The number of carbonyl (C=O) groups excluding carboxylic acids is 1. The molecule has 0 saturated carbocycles. The Hall–Kier alpha value is -2.00. The van der Waals surface area contributed by atoms with Crippen molar-refractivity contribution in [2.45, 2.75) is 26.5 Å². The summed E-state index contributed by atoms with van der Waals surface area (Å²) in [7, 11) is 0. The smallest absolute Gasteiger partial charge is 0.251 e. The number of halogens is 1. The lowest BCUT2D eigenvalue weighted by molar-refractivity contribution is 0.0951. The molecule has 4 heteroatoms. The molecule has 0 radical (unpaired) electrons. The lowest BCUT2D eigenvalue weighted by Crippen LogP contribution is -2.22. The van der Waals surface area contributed by atoms with E-state index in [1.165, 1.54) is 0 Å². The van der Waals surface area contributed by atoms with Crippen molar-refractivity contribution in [3.05, 3.63) is 64.7 Å². The topological polar surface area (TPSA) is 38.3 Å². The van der Waals surface area contributed by atoms with Crippen LogP contribution in [0.25, 0.3) is 0 Å². The van der Waals surface area contributed by atoms with Gasteiger partial charge in [0.15, 0.2) is 0 Å². The van der Waals surface area contributed by atoms with Gasteiger partial charge in [0.2, 0.25) is 0 Å². The molecule has 110 valence electrons. The third kappa shape index (κ3) is 4.80. The maximum Gasteiger partial charge on any atom is 0.251 e. The van der Waals surface area contributed by atoms with Crippen molar-refractivity contribution >= 4 is 17.5 Å². The van der Waals surface area contributed by atoms with Crippen molar-refractivity contribution in [3.8, 4) is 5.75 Å². The molecule has 0 fully saturated rings. The van der Waals surface area contributed by atoms with Crippen molar-refractivity contribution < 1.29 is 9.53 Å². The zero-order chi connectivity index (χ0) is 15.2. The van der Waals surface area contributed by atoms with Crippen LogP contribution in [0.15, 0.2) is 48.5 Å². The van der Waals surface area contributed by atoms with Gasteiger partial charge < -0.3 is 10.1 Å². The van der Waals surface area contributed by atoms with E-state index in [0.717, 1.165) is 11.3 Å². The summed E-state index contributed by atoms with van der Waals surface area (Å²) >= 11 is 5.91. The first-order valence-electron chi connectivity index (χ1n) is 6.84. The summed E-state index contributed by atoms with van der Waals surface area (Å²) in [5.74, 6) is 0.641. The van der Waals surface area contributed by atoms with Gasteiger partial charge in [0.25, 0.3) is 5.91 Å². The molecule has 0 aliphatic heterocycles. The van der Waals surface area contributed by atoms with Gasteiger partial charge in [0, 0.05) is 17.1 Å². The maximum absolute atomic E-state index is 12.1. The standard InChI is InChI=1S/C17H18ClNO2/c1-12(2)21-16-8-6-14(7-9-16)17(20)19-11-13-4-3-5-15(18)10-13/h3-10,12H,11H2,1-2H3,(H,19,20). The zero-order valence-electron chi connectivity index (χ0n) is 12.1. The van der Waals surface area contributed by atoms with E-state index in [2.05, 4.69) is 5.32 Å². The predicted octanol–water partition coefficient (Wildman–Crippen LogP) is 4.06. The van der Waals surface area contributed by atoms with E-state index in [4.69, 9.17) is 16.3 Å². The minimum Gasteiger partial charge on any atom is -0.491 e. The number of benzene rings is 2. The molecule has 2 aromatic rings. The van der Waals surface area contributed by atoms with Crippen LogP contribution in [0.3, 0.4) is 0 Å². The summed E-state index contributed by atoms with van der Waals surface area (Å²) in [6.45, 7) is 4.38. The van der Waals surface area contributed by atoms with Crippen molar-refractivity contribution in [2.75, 3.05) is 0 Å². The number of hydrogen-bond acceptors (Lipinski definition) is 2. The third-order valence-corrected chi connectivity index (χ3v) is 3.07. The second kappa shape index (κ2) is 7.14. The molecule has 0 atom stereocenters. The van der Waals surface area contributed by atoms with E-state index in [-0.39, 0.29) is 12.0 Å². The molecule has 0 saturated heterocycles. The van der Waals surface area contributed by atoms with Crippen LogP contribution in [-0.2, 0) is 6.54 Å². The number of carbonyl (C=O) groups is 1. The molecule has 0 aromatic heterocycles. The maximum atomic E-state index is 12.1. The molecule has 3 nitrogen and oxygen atoms in total. The van der Waals surface area contributed by atoms with E-state index in [1.54, 1.807) is 30.3 Å². The first kappa shape index (κ1) is 15.4. The van der Waals surface area contributed by atoms with E-state index < -0.39 is 0 Å². The normalized spacial score (nSPS) is 10.5. The van der Waals surface area contributed by atoms with E-state index in [1.807, 2.05) is 32.0 Å². The van der Waals surface area contributed by atoms with Crippen LogP contribution in [0.5, 0.6) is 5.75 Å². The second-order valence-electron chi connectivity index (χ2n) is 5.00. The highest BCUT2D eigenvalue weighted by Crippen LogP contribution is 2.14. The summed E-state index contributed by atoms with van der Waals surface area (Å²) in [6.07, 6.45) is 0.118. The zero-order valence-corrected chi connectivity index (χ0v) is 12.9. The summed E-state index contributed by atoms with van der Waals surface area (Å²) < 4.78 is 5.55. The van der Waals surface area contributed by atoms with Gasteiger partial charge in [-0.05, 0) is 55.8 Å². The van der Waals surface area contributed by atoms with E-state index >= 15 is 0 Å². The molecule has 1 N–H and O–H groups in total. The van der Waals surface area contributed by atoms with Crippen molar-refractivity contribution in [3.63, 3.8) is 0 Å². The van der Waals surface area contributed by atoms with Gasteiger partial charge in [0.05, 0.1) is 6.10 Å². The summed E-state index contributed by atoms with van der Waals surface area (Å²) in [6, 6.07) is 14.5. The lowest BCUT2D eigenvalue weighted by Gasteiger charge is -2.10. The van der Waals surface area contributed by atoms with Crippen molar-refractivity contribution in [1.29, 1.82) is 0 Å². The Bertz CT molecular complexity index is 608. The summed E-state index contributed by atoms with van der Waals surface area (Å²) in [5, 5.41) is 3.53. The fourth-order valence-electron chi connectivity index (χ4n) is 1.89. The monoisotopic (exact) mass is 303 g/mol. The van der Waals surface area contributed by atoms with Gasteiger partial charge in [-0.2, -0.15) is 0 Å². The molecule has 2 aromatic carbocycles. The van der Waals surface area contributed by atoms with Gasteiger partial charge in [0.1, 0.15) is 5.75 Å².